The number of benzene rings is 2. The zero-order chi connectivity index (χ0) is 22.3. The second kappa shape index (κ2) is 8.31. The average Bonchev–Trinajstić information content (AvgIpc) is 3.16. The lowest BCUT2D eigenvalue weighted by atomic mass is 10.1. The zero-order valence-electron chi connectivity index (χ0n) is 18.2. The van der Waals surface area contributed by atoms with Crippen molar-refractivity contribution in [2.24, 2.45) is 4.99 Å². The van der Waals surface area contributed by atoms with E-state index in [1.54, 1.807) is 0 Å². The first-order valence-corrected chi connectivity index (χ1v) is 13.1. The van der Waals surface area contributed by atoms with Gasteiger partial charge < -0.3 is 10.2 Å². The lowest BCUT2D eigenvalue weighted by Gasteiger charge is -2.27. The molecule has 1 saturated heterocycles. The smallest absolute Gasteiger partial charge is 0.234 e. The summed E-state index contributed by atoms with van der Waals surface area (Å²) in [6.45, 7) is 8.05. The number of amidine groups is 1. The summed E-state index contributed by atoms with van der Waals surface area (Å²) in [5, 5.41) is 3.69. The highest BCUT2D eigenvalue weighted by Gasteiger charge is 2.47. The van der Waals surface area contributed by atoms with Gasteiger partial charge in [-0.2, -0.15) is 0 Å². The molecule has 2 aromatic rings. The normalized spacial score (nSPS) is 21.7. The quantitative estimate of drug-likeness (QED) is 0.758. The summed E-state index contributed by atoms with van der Waals surface area (Å²) in [6.07, 6.45) is 0. The summed E-state index contributed by atoms with van der Waals surface area (Å²) < 4.78 is 24.4. The Morgan fingerprint density at radius 2 is 1.81 bits per heavy atom. The van der Waals surface area contributed by atoms with Gasteiger partial charge in [0.2, 0.25) is 5.91 Å². The summed E-state index contributed by atoms with van der Waals surface area (Å²) in [5.41, 5.74) is 6.15. The highest BCUT2D eigenvalue weighted by Crippen LogP contribution is 2.35. The summed E-state index contributed by atoms with van der Waals surface area (Å²) in [5.74, 6) is 0.260. The lowest BCUT2D eigenvalue weighted by Crippen LogP contribution is -2.39. The number of hydrogen-bond acceptors (Lipinski definition) is 6. The van der Waals surface area contributed by atoms with Gasteiger partial charge in [-0.05, 0) is 68.1 Å². The molecule has 2 aromatic carbocycles. The zero-order valence-corrected chi connectivity index (χ0v) is 19.8. The molecule has 1 amide bonds. The van der Waals surface area contributed by atoms with Crippen molar-refractivity contribution in [1.82, 2.24) is 0 Å². The van der Waals surface area contributed by atoms with Gasteiger partial charge in [-0.25, -0.2) is 8.42 Å². The first-order valence-electron chi connectivity index (χ1n) is 10.3. The maximum atomic E-state index is 12.6. The summed E-state index contributed by atoms with van der Waals surface area (Å²) in [4.78, 5) is 19.3. The van der Waals surface area contributed by atoms with Crippen molar-refractivity contribution in [3.63, 3.8) is 0 Å². The Bertz CT molecular complexity index is 1170. The minimum Gasteiger partial charge on any atom is -0.325 e. The maximum Gasteiger partial charge on any atom is 0.234 e. The van der Waals surface area contributed by atoms with Crippen LogP contribution in [0.5, 0.6) is 0 Å². The molecule has 2 aliphatic heterocycles. The topological polar surface area (TPSA) is 78.8 Å². The molecule has 6 nitrogen and oxygen atoms in total. The van der Waals surface area contributed by atoms with E-state index in [0.717, 1.165) is 28.1 Å². The molecule has 31 heavy (non-hydrogen) atoms. The minimum atomic E-state index is -3.11. The van der Waals surface area contributed by atoms with Gasteiger partial charge >= 0.3 is 0 Å². The molecule has 0 radical (unpaired) electrons. The molecule has 0 saturated carbocycles. The second-order valence-corrected chi connectivity index (χ2v) is 11.5. The molecule has 1 fully saturated rings. The highest BCUT2D eigenvalue weighted by atomic mass is 32.2. The fourth-order valence-electron chi connectivity index (χ4n) is 4.00. The fourth-order valence-corrected chi connectivity index (χ4v) is 6.76. The van der Waals surface area contributed by atoms with Gasteiger partial charge in [0.25, 0.3) is 0 Å². The van der Waals surface area contributed by atoms with Crippen LogP contribution in [-0.4, -0.2) is 48.8 Å². The molecule has 0 aliphatic carbocycles. The molecular formula is C23H27N3O3S2. The Morgan fingerprint density at radius 3 is 2.55 bits per heavy atom. The first-order chi connectivity index (χ1) is 14.6. The first kappa shape index (κ1) is 21.9. The van der Waals surface area contributed by atoms with E-state index in [0.29, 0.717) is 5.17 Å². The molecule has 2 heterocycles. The van der Waals surface area contributed by atoms with Crippen molar-refractivity contribution < 1.29 is 13.2 Å². The van der Waals surface area contributed by atoms with Gasteiger partial charge in [0.15, 0.2) is 15.0 Å². The summed E-state index contributed by atoms with van der Waals surface area (Å²) >= 11 is 1.36. The van der Waals surface area contributed by atoms with Crippen molar-refractivity contribution in [2.45, 2.75) is 39.8 Å². The van der Waals surface area contributed by atoms with Crippen LogP contribution in [0.4, 0.5) is 11.4 Å². The van der Waals surface area contributed by atoms with Crippen molar-refractivity contribution in [3.8, 4) is 0 Å². The predicted molar refractivity (Wildman–Crippen MR) is 129 cm³/mol. The number of sulfone groups is 1. The Morgan fingerprint density at radius 1 is 1.06 bits per heavy atom. The highest BCUT2D eigenvalue weighted by molar-refractivity contribution is 8.14. The van der Waals surface area contributed by atoms with Gasteiger partial charge in [0, 0.05) is 11.4 Å². The van der Waals surface area contributed by atoms with E-state index in [2.05, 4.69) is 11.4 Å². The molecule has 0 unspecified atom stereocenters. The Kier molecular flexibility index (Phi) is 5.87. The van der Waals surface area contributed by atoms with Gasteiger partial charge in [0.1, 0.15) is 0 Å². The van der Waals surface area contributed by atoms with Gasteiger partial charge in [0.05, 0.1) is 29.3 Å². The predicted octanol–water partition coefficient (Wildman–Crippen LogP) is 3.63. The Labute approximate surface area is 188 Å². The number of aryl methyl sites for hydroxylation is 4. The molecule has 0 aromatic heterocycles. The number of thioether (sulfide) groups is 1. The van der Waals surface area contributed by atoms with Crippen LogP contribution in [0.1, 0.15) is 22.3 Å². The van der Waals surface area contributed by atoms with Crippen LogP contribution in [0.25, 0.3) is 0 Å². The number of carbonyl (C=O) groups excluding carboxylic acids is 1. The number of rotatable bonds is 4. The molecule has 2 aliphatic rings. The van der Waals surface area contributed by atoms with E-state index in [-0.39, 0.29) is 35.2 Å². The number of carbonyl (C=O) groups is 1. The molecule has 164 valence electrons. The number of aliphatic imine (C=N–C) groups is 1. The second-order valence-electron chi connectivity index (χ2n) is 8.42. The lowest BCUT2D eigenvalue weighted by molar-refractivity contribution is -0.113. The third-order valence-electron chi connectivity index (χ3n) is 5.88. The van der Waals surface area contributed by atoms with Crippen molar-refractivity contribution in [3.05, 3.63) is 58.7 Å². The van der Waals surface area contributed by atoms with Crippen molar-refractivity contribution in [2.75, 3.05) is 27.5 Å². The number of amides is 1. The average molecular weight is 458 g/mol. The van der Waals surface area contributed by atoms with Crippen molar-refractivity contribution in [1.29, 1.82) is 0 Å². The Hall–Kier alpha value is -2.32. The monoisotopic (exact) mass is 457 g/mol. The molecule has 0 bridgehead atoms. The van der Waals surface area contributed by atoms with Crippen LogP contribution in [0, 0.1) is 27.7 Å². The summed E-state index contributed by atoms with van der Waals surface area (Å²) in [7, 11) is -3.11. The third-order valence-corrected chi connectivity index (χ3v) is 8.54. The van der Waals surface area contributed by atoms with Crippen molar-refractivity contribution >= 4 is 44.0 Å². The van der Waals surface area contributed by atoms with E-state index in [9.17, 15) is 13.2 Å². The molecule has 4 rings (SSSR count). The number of nitrogens with zero attached hydrogens (tertiary/aromatic N) is 2. The summed E-state index contributed by atoms with van der Waals surface area (Å²) in [6, 6.07) is 11.6. The van der Waals surface area contributed by atoms with E-state index in [1.165, 1.54) is 17.3 Å². The van der Waals surface area contributed by atoms with E-state index < -0.39 is 9.84 Å². The molecular weight excluding hydrogens is 430 g/mol. The van der Waals surface area contributed by atoms with Crippen LogP contribution in [0.15, 0.2) is 41.4 Å². The van der Waals surface area contributed by atoms with Crippen LogP contribution in [0.2, 0.25) is 0 Å². The number of nitrogens with one attached hydrogen (secondary N) is 1. The van der Waals surface area contributed by atoms with Crippen LogP contribution < -0.4 is 10.2 Å². The van der Waals surface area contributed by atoms with Crippen LogP contribution >= 0.6 is 11.8 Å². The SMILES string of the molecule is Cc1ccc(C)c(NC(=O)CSC2=N[C@H]3CS(=O)(=O)C[C@H]3N2c2ccc(C)c(C)c2)c1. The maximum absolute atomic E-state index is 12.6. The molecule has 0 spiro atoms. The van der Waals surface area contributed by atoms with Crippen LogP contribution in [-0.2, 0) is 14.6 Å². The van der Waals surface area contributed by atoms with Gasteiger partial charge in [-0.1, -0.05) is 30.0 Å². The fraction of sp³-hybridized carbons (Fsp3) is 0.391. The van der Waals surface area contributed by atoms with E-state index in [1.807, 2.05) is 62.9 Å². The molecule has 1 N–H and O–H groups in total. The number of anilines is 2. The Balaban J connectivity index is 1.53. The van der Waals surface area contributed by atoms with Gasteiger partial charge in [-0.3, -0.25) is 9.79 Å². The largest absolute Gasteiger partial charge is 0.325 e. The number of hydrogen-bond donors (Lipinski definition) is 1. The van der Waals surface area contributed by atoms with E-state index in [4.69, 9.17) is 4.99 Å². The van der Waals surface area contributed by atoms with E-state index >= 15 is 0 Å². The third kappa shape index (κ3) is 4.65. The molecule has 2 atom stereocenters. The molecule has 8 heteroatoms. The van der Waals surface area contributed by atoms with Crippen LogP contribution in [0.3, 0.4) is 0 Å². The number of fused-ring (bicyclic) bond motifs is 1. The minimum absolute atomic E-state index is 0.0672. The van der Waals surface area contributed by atoms with Gasteiger partial charge in [-0.15, -0.1) is 0 Å². The standard InChI is InChI=1S/C23H27N3O3S2/c1-14-5-6-16(3)19(9-14)24-22(27)11-30-23-25-20-12-31(28,29)13-21(20)26(23)18-8-7-15(2)17(4)10-18/h5-10,20-21H,11-13H2,1-4H3,(H,24,27)/t20-,21+/m0/s1.